The van der Waals surface area contributed by atoms with Crippen LogP contribution in [0.4, 0.5) is 0 Å². The minimum absolute atomic E-state index is 0.0649. The van der Waals surface area contributed by atoms with Gasteiger partial charge in [0.2, 0.25) is 0 Å². The highest BCUT2D eigenvalue weighted by Crippen LogP contribution is 2.73. The van der Waals surface area contributed by atoms with Gasteiger partial charge in [-0.05, 0) is 98.2 Å². The molecule has 0 spiro atoms. The van der Waals surface area contributed by atoms with Crippen LogP contribution in [0.25, 0.3) is 0 Å². The fourth-order valence-corrected chi connectivity index (χ4v) is 9.87. The summed E-state index contributed by atoms with van der Waals surface area (Å²) in [5.74, 6) is 1.16. The Labute approximate surface area is 207 Å². The Morgan fingerprint density at radius 3 is 2.56 bits per heavy atom. The monoisotopic (exact) mass is 472 g/mol. The highest BCUT2D eigenvalue weighted by atomic mass is 17.2. The molecule has 0 saturated heterocycles. The molecular formula is C30H48O4. The van der Waals surface area contributed by atoms with Gasteiger partial charge in [0.15, 0.2) is 0 Å². The van der Waals surface area contributed by atoms with Gasteiger partial charge >= 0.3 is 5.97 Å². The summed E-state index contributed by atoms with van der Waals surface area (Å²) >= 11 is 0. The van der Waals surface area contributed by atoms with Crippen molar-refractivity contribution < 1.29 is 19.7 Å². The quantitative estimate of drug-likeness (QED) is 0.179. The minimum atomic E-state index is -0.554. The summed E-state index contributed by atoms with van der Waals surface area (Å²) in [6.45, 7) is 17.2. The van der Waals surface area contributed by atoms with E-state index in [1.54, 1.807) is 7.11 Å². The molecule has 3 fully saturated rings. The van der Waals surface area contributed by atoms with Gasteiger partial charge in [-0.15, -0.1) is 0 Å². The molecule has 0 aromatic heterocycles. The number of hydrogen-bond acceptors (Lipinski definition) is 3. The predicted molar refractivity (Wildman–Crippen MR) is 136 cm³/mol. The average molecular weight is 473 g/mol. The summed E-state index contributed by atoms with van der Waals surface area (Å²) in [7, 11) is 1.58. The lowest BCUT2D eigenvalue weighted by molar-refractivity contribution is -0.274. The van der Waals surface area contributed by atoms with Crippen molar-refractivity contribution in [3.8, 4) is 0 Å². The normalized spacial score (nSPS) is 46.0. The Morgan fingerprint density at radius 1 is 1.18 bits per heavy atom. The Morgan fingerprint density at radius 2 is 1.91 bits per heavy atom. The Balaban J connectivity index is 1.76. The van der Waals surface area contributed by atoms with Gasteiger partial charge in [0.1, 0.15) is 0 Å². The van der Waals surface area contributed by atoms with Gasteiger partial charge in [-0.25, -0.2) is 9.78 Å². The SMILES string of the molecule is C=C(C)C1CC[C@]2(C)C(CC=C3C4[C@@H](C)CCC[C@]4(C(=O)O)CC[C@]32C)[C@@]1(C)CCCOOC. The van der Waals surface area contributed by atoms with Crippen molar-refractivity contribution in [2.24, 2.45) is 45.3 Å². The molecule has 0 aliphatic heterocycles. The van der Waals surface area contributed by atoms with Crippen molar-refractivity contribution >= 4 is 5.97 Å². The van der Waals surface area contributed by atoms with Crippen LogP contribution in [0.3, 0.4) is 0 Å². The molecule has 4 aliphatic carbocycles. The standard InChI is InChI=1S/C30H48O4/c1-20(2)22-13-16-29(6)24(27(22,4)14-9-19-34-33-7)12-11-23-25-21(3)10-8-15-30(25,26(31)32)18-17-28(23,29)5/h11,21-22,24-25H,1,8-10,12-19H2,2-7H3,(H,31,32)/t21-,22?,24?,25?,27-,28+,29+,30-/m0/s1. The molecule has 1 N–H and O–H groups in total. The molecule has 0 radical (unpaired) electrons. The lowest BCUT2D eigenvalue weighted by Crippen LogP contribution is -2.62. The number of carboxylic acid groups (broad SMARTS) is 1. The summed E-state index contributed by atoms with van der Waals surface area (Å²) in [6.07, 6.45) is 13.0. The number of rotatable bonds is 7. The van der Waals surface area contributed by atoms with E-state index in [4.69, 9.17) is 9.78 Å². The van der Waals surface area contributed by atoms with Gasteiger partial charge in [0.25, 0.3) is 0 Å². The lowest BCUT2D eigenvalue weighted by Gasteiger charge is -2.69. The van der Waals surface area contributed by atoms with Gasteiger partial charge in [0.05, 0.1) is 19.1 Å². The van der Waals surface area contributed by atoms with E-state index in [-0.39, 0.29) is 22.2 Å². The molecule has 8 atom stereocenters. The number of carboxylic acids is 1. The van der Waals surface area contributed by atoms with E-state index in [0.717, 1.165) is 51.4 Å². The second kappa shape index (κ2) is 9.07. The molecule has 0 heterocycles. The zero-order valence-electron chi connectivity index (χ0n) is 22.5. The van der Waals surface area contributed by atoms with Crippen LogP contribution in [0.1, 0.15) is 98.8 Å². The van der Waals surface area contributed by atoms with E-state index in [2.05, 4.69) is 47.3 Å². The molecule has 4 heteroatoms. The predicted octanol–water partition coefficient (Wildman–Crippen LogP) is 7.60. The average Bonchev–Trinajstić information content (AvgIpc) is 2.77. The van der Waals surface area contributed by atoms with E-state index in [1.807, 2.05) is 0 Å². The van der Waals surface area contributed by atoms with E-state index < -0.39 is 11.4 Å². The van der Waals surface area contributed by atoms with E-state index in [0.29, 0.717) is 24.4 Å². The third-order valence-corrected chi connectivity index (χ3v) is 11.7. The van der Waals surface area contributed by atoms with Crippen LogP contribution in [-0.4, -0.2) is 24.8 Å². The van der Waals surface area contributed by atoms with Gasteiger partial charge in [-0.2, -0.15) is 0 Å². The first-order valence-corrected chi connectivity index (χ1v) is 13.7. The Kier molecular flexibility index (Phi) is 6.92. The molecule has 3 unspecified atom stereocenters. The zero-order chi connectivity index (χ0) is 24.9. The van der Waals surface area contributed by atoms with Crippen LogP contribution in [0.15, 0.2) is 23.8 Å². The van der Waals surface area contributed by atoms with E-state index in [9.17, 15) is 9.90 Å². The van der Waals surface area contributed by atoms with Crippen LogP contribution in [0.2, 0.25) is 0 Å². The van der Waals surface area contributed by atoms with Crippen molar-refractivity contribution in [1.29, 1.82) is 0 Å². The van der Waals surface area contributed by atoms with Crippen LogP contribution >= 0.6 is 0 Å². The molecule has 0 amide bonds. The van der Waals surface area contributed by atoms with Gasteiger partial charge in [0, 0.05) is 0 Å². The summed E-state index contributed by atoms with van der Waals surface area (Å²) in [4.78, 5) is 22.8. The molecule has 0 aromatic carbocycles. The van der Waals surface area contributed by atoms with Crippen LogP contribution < -0.4 is 0 Å². The topological polar surface area (TPSA) is 55.8 Å². The molecular weight excluding hydrogens is 424 g/mol. The molecule has 3 saturated carbocycles. The molecule has 34 heavy (non-hydrogen) atoms. The van der Waals surface area contributed by atoms with Crippen molar-refractivity contribution in [2.45, 2.75) is 98.8 Å². The minimum Gasteiger partial charge on any atom is -0.481 e. The summed E-state index contributed by atoms with van der Waals surface area (Å²) in [6, 6.07) is 0. The molecule has 192 valence electrons. The van der Waals surface area contributed by atoms with Gasteiger partial charge in [-0.3, -0.25) is 4.79 Å². The lowest BCUT2D eigenvalue weighted by atomic mass is 9.35. The molecule has 4 rings (SSSR count). The highest BCUT2D eigenvalue weighted by Gasteiger charge is 2.67. The van der Waals surface area contributed by atoms with Crippen molar-refractivity contribution in [1.82, 2.24) is 0 Å². The second-order valence-electron chi connectivity index (χ2n) is 13.0. The van der Waals surface area contributed by atoms with Crippen LogP contribution in [0, 0.1) is 45.3 Å². The maximum atomic E-state index is 12.7. The third kappa shape index (κ3) is 3.57. The third-order valence-electron chi connectivity index (χ3n) is 11.7. The number of aliphatic carboxylic acids is 1. The van der Waals surface area contributed by atoms with Crippen molar-refractivity contribution in [2.75, 3.05) is 13.7 Å². The zero-order valence-corrected chi connectivity index (χ0v) is 22.5. The van der Waals surface area contributed by atoms with Gasteiger partial charge in [-0.1, -0.05) is 64.3 Å². The first-order chi connectivity index (χ1) is 16.0. The number of carbonyl (C=O) groups is 1. The summed E-state index contributed by atoms with van der Waals surface area (Å²) in [5.41, 5.74) is 2.65. The maximum absolute atomic E-state index is 12.7. The fraction of sp³-hybridized carbons (Fsp3) is 0.833. The Bertz CT molecular complexity index is 847. The molecule has 4 nitrogen and oxygen atoms in total. The van der Waals surface area contributed by atoms with Crippen LogP contribution in [-0.2, 0) is 14.6 Å². The number of hydrogen-bond donors (Lipinski definition) is 1. The largest absolute Gasteiger partial charge is 0.481 e. The van der Waals surface area contributed by atoms with Crippen LogP contribution in [0.5, 0.6) is 0 Å². The van der Waals surface area contributed by atoms with Gasteiger partial charge < -0.3 is 5.11 Å². The second-order valence-corrected chi connectivity index (χ2v) is 13.0. The number of fused-ring (bicyclic) bond motifs is 5. The molecule has 4 aliphatic rings. The number of allylic oxidation sites excluding steroid dienone is 3. The van der Waals surface area contributed by atoms with Crippen molar-refractivity contribution in [3.05, 3.63) is 23.8 Å². The first-order valence-electron chi connectivity index (χ1n) is 13.7. The highest BCUT2D eigenvalue weighted by molar-refractivity contribution is 5.76. The van der Waals surface area contributed by atoms with E-state index >= 15 is 0 Å². The molecule has 0 aromatic rings. The summed E-state index contributed by atoms with van der Waals surface area (Å²) < 4.78 is 0. The van der Waals surface area contributed by atoms with Crippen molar-refractivity contribution in [3.63, 3.8) is 0 Å². The maximum Gasteiger partial charge on any atom is 0.310 e. The molecule has 0 bridgehead atoms. The Hall–Kier alpha value is -1.13. The summed E-state index contributed by atoms with van der Waals surface area (Å²) in [5, 5.41) is 10.5. The fourth-order valence-electron chi connectivity index (χ4n) is 9.87. The smallest absolute Gasteiger partial charge is 0.310 e. The van der Waals surface area contributed by atoms with E-state index in [1.165, 1.54) is 24.0 Å². The first kappa shape index (κ1) is 25.9.